The molecule has 0 unspecified atom stereocenters. The molecule has 6 nitrogen and oxygen atoms in total. The van der Waals surface area contributed by atoms with Crippen molar-refractivity contribution in [1.29, 1.82) is 0 Å². The van der Waals surface area contributed by atoms with E-state index in [-0.39, 0.29) is 0 Å². The molecule has 0 atom stereocenters. The number of nitrogens with two attached hydrogens (primary N) is 1. The van der Waals surface area contributed by atoms with Gasteiger partial charge < -0.3 is 15.8 Å². The van der Waals surface area contributed by atoms with Gasteiger partial charge in [-0.1, -0.05) is 12.8 Å². The second-order valence-electron chi connectivity index (χ2n) is 6.44. The van der Waals surface area contributed by atoms with Gasteiger partial charge in [0.25, 0.3) is 0 Å². The van der Waals surface area contributed by atoms with Crippen molar-refractivity contribution in [3.63, 3.8) is 0 Å². The number of nitrogens with one attached hydrogen (secondary N) is 1. The Labute approximate surface area is 139 Å². The Morgan fingerprint density at radius 2 is 1.79 bits per heavy atom. The van der Waals surface area contributed by atoms with E-state index in [2.05, 4.69) is 20.0 Å². The van der Waals surface area contributed by atoms with Gasteiger partial charge in [-0.25, -0.2) is 14.8 Å². The van der Waals surface area contributed by atoms with Crippen molar-refractivity contribution in [3.8, 4) is 0 Å². The van der Waals surface area contributed by atoms with E-state index in [9.17, 15) is 18.0 Å². The fraction of sp³-hybridized carbons (Fsp3) is 0.667. The summed E-state index contributed by atoms with van der Waals surface area (Å²) in [5.41, 5.74) is 3.31. The Morgan fingerprint density at radius 3 is 2.12 bits per heavy atom. The molecule has 0 spiro atoms. The quantitative estimate of drug-likeness (QED) is 0.850. The van der Waals surface area contributed by atoms with Crippen molar-refractivity contribution < 1.29 is 22.7 Å². The number of nitrogens with zero attached hydrogens (tertiary/aromatic N) is 2. The largest absolute Gasteiger partial charge is 0.444 e. The molecule has 136 valence electrons. The van der Waals surface area contributed by atoms with Crippen LogP contribution in [0.2, 0.25) is 0 Å². The SMILES string of the molecule is CC(C)(C)OC(N)=O.FC(F)(F)c1cnc(NC2CCCC2)cn1. The second kappa shape index (κ2) is 8.16. The molecular formula is C15H23F3N4O2. The van der Waals surface area contributed by atoms with Crippen LogP contribution in [0.15, 0.2) is 12.4 Å². The Morgan fingerprint density at radius 1 is 1.21 bits per heavy atom. The molecule has 0 radical (unpaired) electrons. The maximum atomic E-state index is 12.2. The van der Waals surface area contributed by atoms with Gasteiger partial charge in [-0.05, 0) is 33.6 Å². The van der Waals surface area contributed by atoms with E-state index in [0.717, 1.165) is 38.1 Å². The van der Waals surface area contributed by atoms with Crippen molar-refractivity contribution in [2.75, 3.05) is 5.32 Å². The summed E-state index contributed by atoms with van der Waals surface area (Å²) in [6.07, 6.45) is 1.16. The zero-order chi connectivity index (χ0) is 18.4. The van der Waals surface area contributed by atoms with E-state index in [1.165, 1.54) is 0 Å². The third-order valence-electron chi connectivity index (χ3n) is 3.06. The number of anilines is 1. The Balaban J connectivity index is 0.000000307. The van der Waals surface area contributed by atoms with Crippen LogP contribution >= 0.6 is 0 Å². The molecule has 1 aliphatic rings. The molecule has 1 heterocycles. The molecule has 1 aromatic rings. The van der Waals surface area contributed by atoms with Crippen LogP contribution in [-0.2, 0) is 10.9 Å². The first-order valence-electron chi connectivity index (χ1n) is 7.61. The van der Waals surface area contributed by atoms with Crippen LogP contribution in [0.4, 0.5) is 23.8 Å². The predicted octanol–water partition coefficient (Wildman–Crippen LogP) is 3.73. The van der Waals surface area contributed by atoms with Gasteiger partial charge in [-0.2, -0.15) is 13.2 Å². The molecular weight excluding hydrogens is 325 g/mol. The van der Waals surface area contributed by atoms with Gasteiger partial charge in [0, 0.05) is 6.04 Å². The van der Waals surface area contributed by atoms with Gasteiger partial charge in [-0.15, -0.1) is 0 Å². The molecule has 0 saturated heterocycles. The van der Waals surface area contributed by atoms with Crippen LogP contribution in [-0.4, -0.2) is 27.7 Å². The number of carbonyl (C=O) groups is 1. The van der Waals surface area contributed by atoms with Gasteiger partial charge in [0.2, 0.25) is 0 Å². The Bertz CT molecular complexity index is 521. The number of halogens is 3. The minimum atomic E-state index is -4.42. The van der Waals surface area contributed by atoms with Crippen LogP contribution in [0.25, 0.3) is 0 Å². The summed E-state index contributed by atoms with van der Waals surface area (Å²) in [7, 11) is 0. The molecule has 1 fully saturated rings. The van der Waals surface area contributed by atoms with Gasteiger partial charge >= 0.3 is 12.3 Å². The smallest absolute Gasteiger partial charge is 0.434 e. The lowest BCUT2D eigenvalue weighted by molar-refractivity contribution is -0.141. The zero-order valence-electron chi connectivity index (χ0n) is 14.0. The van der Waals surface area contributed by atoms with E-state index >= 15 is 0 Å². The van der Waals surface area contributed by atoms with Crippen molar-refractivity contribution in [1.82, 2.24) is 9.97 Å². The van der Waals surface area contributed by atoms with E-state index in [1.54, 1.807) is 20.8 Å². The third kappa shape index (κ3) is 7.98. The van der Waals surface area contributed by atoms with Crippen LogP contribution in [0.5, 0.6) is 0 Å². The minimum absolute atomic E-state index is 0.325. The number of hydrogen-bond acceptors (Lipinski definition) is 5. The summed E-state index contributed by atoms with van der Waals surface area (Å²) >= 11 is 0. The molecule has 2 rings (SSSR count). The number of rotatable bonds is 2. The first kappa shape index (κ1) is 20.0. The average Bonchev–Trinajstić information content (AvgIpc) is 2.89. The standard InChI is InChI=1S/C10H12F3N3.C5H11NO2/c11-10(12,13)8-5-15-9(6-14-8)16-7-3-1-2-4-7;1-5(2,3)8-4(6)7/h5-7H,1-4H2,(H,15,16);1-3H3,(H2,6,7). The average molecular weight is 348 g/mol. The summed E-state index contributed by atoms with van der Waals surface area (Å²) in [5, 5.41) is 3.08. The van der Waals surface area contributed by atoms with Crippen molar-refractivity contribution in [3.05, 3.63) is 18.1 Å². The summed E-state index contributed by atoms with van der Waals surface area (Å²) < 4.78 is 41.2. The summed E-state index contributed by atoms with van der Waals surface area (Å²) in [6, 6.07) is 0.325. The van der Waals surface area contributed by atoms with E-state index in [1.807, 2.05) is 0 Å². The highest BCUT2D eigenvalue weighted by atomic mass is 19.4. The van der Waals surface area contributed by atoms with Crippen LogP contribution in [0.1, 0.15) is 52.1 Å². The van der Waals surface area contributed by atoms with Crippen LogP contribution in [0, 0.1) is 0 Å². The van der Waals surface area contributed by atoms with Gasteiger partial charge in [0.15, 0.2) is 5.69 Å². The fourth-order valence-corrected chi connectivity index (χ4v) is 2.13. The number of ether oxygens (including phenoxy) is 1. The molecule has 1 aromatic heterocycles. The van der Waals surface area contributed by atoms with Gasteiger partial charge in [0.1, 0.15) is 11.4 Å². The lowest BCUT2D eigenvalue weighted by Crippen LogP contribution is -2.27. The lowest BCUT2D eigenvalue weighted by Gasteiger charge is -2.16. The molecule has 0 bridgehead atoms. The van der Waals surface area contributed by atoms with E-state index in [0.29, 0.717) is 11.9 Å². The van der Waals surface area contributed by atoms with Crippen molar-refractivity contribution in [2.45, 2.75) is 64.3 Å². The molecule has 1 aliphatic carbocycles. The monoisotopic (exact) mass is 348 g/mol. The second-order valence-corrected chi connectivity index (χ2v) is 6.44. The summed E-state index contributed by atoms with van der Waals surface area (Å²) in [6.45, 7) is 5.28. The predicted molar refractivity (Wildman–Crippen MR) is 83.3 cm³/mol. The zero-order valence-corrected chi connectivity index (χ0v) is 14.0. The van der Waals surface area contributed by atoms with Crippen molar-refractivity contribution >= 4 is 11.9 Å². The highest BCUT2D eigenvalue weighted by Gasteiger charge is 2.32. The molecule has 9 heteroatoms. The molecule has 3 N–H and O–H groups in total. The molecule has 1 saturated carbocycles. The number of amides is 1. The first-order chi connectivity index (χ1) is 11.0. The highest BCUT2D eigenvalue weighted by molar-refractivity contribution is 5.65. The maximum Gasteiger partial charge on any atom is 0.434 e. The Hall–Kier alpha value is -2.06. The van der Waals surface area contributed by atoms with E-state index in [4.69, 9.17) is 5.73 Å². The lowest BCUT2D eigenvalue weighted by atomic mass is 10.2. The highest BCUT2D eigenvalue weighted by Crippen LogP contribution is 2.27. The maximum absolute atomic E-state index is 12.2. The third-order valence-corrected chi connectivity index (χ3v) is 3.06. The molecule has 24 heavy (non-hydrogen) atoms. The molecule has 0 aromatic carbocycles. The Kier molecular flexibility index (Phi) is 6.80. The number of hydrogen-bond donors (Lipinski definition) is 2. The summed E-state index contributed by atoms with van der Waals surface area (Å²) in [5.74, 6) is 0.417. The number of alkyl halides is 3. The fourth-order valence-electron chi connectivity index (χ4n) is 2.13. The normalized spacial score (nSPS) is 15.4. The van der Waals surface area contributed by atoms with Crippen LogP contribution < -0.4 is 11.1 Å². The number of primary amides is 1. The topological polar surface area (TPSA) is 90.1 Å². The van der Waals surface area contributed by atoms with Crippen LogP contribution in [0.3, 0.4) is 0 Å². The minimum Gasteiger partial charge on any atom is -0.444 e. The molecule has 1 amide bonds. The number of carbonyl (C=O) groups excluding carboxylic acids is 1. The van der Waals surface area contributed by atoms with Gasteiger partial charge in [0.05, 0.1) is 12.4 Å². The summed E-state index contributed by atoms with van der Waals surface area (Å²) in [4.78, 5) is 17.1. The first-order valence-corrected chi connectivity index (χ1v) is 7.61. The van der Waals surface area contributed by atoms with E-state index < -0.39 is 23.6 Å². The van der Waals surface area contributed by atoms with Crippen molar-refractivity contribution in [2.24, 2.45) is 5.73 Å². The number of aromatic nitrogens is 2. The molecule has 0 aliphatic heterocycles. The van der Waals surface area contributed by atoms with Gasteiger partial charge in [-0.3, -0.25) is 0 Å².